The molecule has 5 rings (SSSR count). The zero-order valence-corrected chi connectivity index (χ0v) is 21.1. The zero-order chi connectivity index (χ0) is 25.2. The van der Waals surface area contributed by atoms with Gasteiger partial charge >= 0.3 is 0 Å². The number of nitrogens with zero attached hydrogens (tertiary/aromatic N) is 3. The number of piperidine rings is 1. The molecule has 6 nitrogen and oxygen atoms in total. The van der Waals surface area contributed by atoms with E-state index >= 15 is 0 Å². The number of aryl methyl sites for hydroxylation is 2. The lowest BCUT2D eigenvalue weighted by Crippen LogP contribution is -2.45. The fraction of sp³-hybridized carbons (Fsp3) is 0.333. The highest BCUT2D eigenvalue weighted by Gasteiger charge is 2.29. The average molecular weight is 483 g/mol. The van der Waals surface area contributed by atoms with Crippen molar-refractivity contribution in [3.05, 3.63) is 95.3 Å². The van der Waals surface area contributed by atoms with Gasteiger partial charge in [-0.3, -0.25) is 9.78 Å². The van der Waals surface area contributed by atoms with E-state index < -0.39 is 0 Å². The van der Waals surface area contributed by atoms with Gasteiger partial charge in [0.1, 0.15) is 5.75 Å². The zero-order valence-electron chi connectivity index (χ0n) is 21.1. The van der Waals surface area contributed by atoms with E-state index in [1.165, 1.54) is 11.3 Å². The van der Waals surface area contributed by atoms with Crippen molar-refractivity contribution < 1.29 is 9.90 Å². The number of phenols is 1. The van der Waals surface area contributed by atoms with E-state index in [1.807, 2.05) is 49.3 Å². The number of carbonyl (C=O) groups is 1. The van der Waals surface area contributed by atoms with E-state index in [9.17, 15) is 9.90 Å². The first-order chi connectivity index (χ1) is 17.4. The molecule has 1 atom stereocenters. The standard InChI is InChI=1S/C30H34N4O2/c1-20-18-25(12-15-31-20)34-16-13-24(14-17-34)33(3)30(36)23-9-8-22-10-11-28(27(22)19-23)32-21(2)26-6-4-5-7-29(26)35/h4-9,12,15,18-19,24,28,32,35H,2,10-11,13-14,16-17H2,1,3H3. The number of aromatic hydroxyl groups is 1. The van der Waals surface area contributed by atoms with Gasteiger partial charge in [-0.05, 0) is 80.1 Å². The Morgan fingerprint density at radius 3 is 2.64 bits per heavy atom. The van der Waals surface area contributed by atoms with Crippen molar-refractivity contribution in [1.29, 1.82) is 0 Å². The van der Waals surface area contributed by atoms with Crippen LogP contribution in [0.2, 0.25) is 0 Å². The first kappa shape index (κ1) is 23.9. The van der Waals surface area contributed by atoms with Gasteiger partial charge in [0.2, 0.25) is 0 Å². The molecule has 2 heterocycles. The smallest absolute Gasteiger partial charge is 0.253 e. The Morgan fingerprint density at radius 1 is 1.11 bits per heavy atom. The normalized spacial score (nSPS) is 17.5. The van der Waals surface area contributed by atoms with Crippen molar-refractivity contribution in [2.75, 3.05) is 25.0 Å². The van der Waals surface area contributed by atoms with E-state index in [-0.39, 0.29) is 23.7 Å². The van der Waals surface area contributed by atoms with Crippen molar-refractivity contribution >= 4 is 17.3 Å². The SMILES string of the molecule is C=C(NC1CCc2ccc(C(=O)N(C)C3CCN(c4ccnc(C)c4)CC3)cc21)c1ccccc1O. The second-order valence-electron chi connectivity index (χ2n) is 9.93. The van der Waals surface area contributed by atoms with E-state index in [1.54, 1.807) is 12.1 Å². The molecular formula is C30H34N4O2. The Morgan fingerprint density at radius 2 is 1.89 bits per heavy atom. The molecule has 0 saturated carbocycles. The number of hydrogen-bond donors (Lipinski definition) is 2. The molecule has 1 amide bonds. The van der Waals surface area contributed by atoms with Crippen LogP contribution in [-0.2, 0) is 6.42 Å². The van der Waals surface area contributed by atoms with Crippen molar-refractivity contribution in [2.24, 2.45) is 0 Å². The van der Waals surface area contributed by atoms with Crippen LogP contribution in [0.5, 0.6) is 5.75 Å². The number of carbonyl (C=O) groups excluding carboxylic acids is 1. The van der Waals surface area contributed by atoms with Crippen molar-refractivity contribution in [3.8, 4) is 5.75 Å². The maximum Gasteiger partial charge on any atom is 0.253 e. The summed E-state index contributed by atoms with van der Waals surface area (Å²) in [5.41, 5.74) is 6.76. The molecule has 1 unspecified atom stereocenters. The number of nitrogens with one attached hydrogen (secondary N) is 1. The summed E-state index contributed by atoms with van der Waals surface area (Å²) in [5, 5.41) is 13.7. The van der Waals surface area contributed by atoms with Crippen LogP contribution in [0, 0.1) is 6.92 Å². The number of amides is 1. The lowest BCUT2D eigenvalue weighted by Gasteiger charge is -2.38. The van der Waals surface area contributed by atoms with Gasteiger partial charge in [-0.2, -0.15) is 0 Å². The minimum absolute atomic E-state index is 0.0669. The van der Waals surface area contributed by atoms with Crippen molar-refractivity contribution in [2.45, 2.75) is 44.7 Å². The van der Waals surface area contributed by atoms with Crippen LogP contribution in [0.25, 0.3) is 5.70 Å². The highest BCUT2D eigenvalue weighted by Crippen LogP contribution is 2.35. The molecule has 0 radical (unpaired) electrons. The maximum atomic E-state index is 13.5. The van der Waals surface area contributed by atoms with Crippen molar-refractivity contribution in [3.63, 3.8) is 0 Å². The van der Waals surface area contributed by atoms with Crippen LogP contribution in [0.1, 0.15) is 58.0 Å². The van der Waals surface area contributed by atoms with E-state index in [4.69, 9.17) is 0 Å². The summed E-state index contributed by atoms with van der Waals surface area (Å²) in [6.45, 7) is 8.02. The molecule has 0 spiro atoms. The fourth-order valence-corrected chi connectivity index (χ4v) is 5.51. The Labute approximate surface area is 213 Å². The molecule has 6 heteroatoms. The number of para-hydroxylation sites is 1. The maximum absolute atomic E-state index is 13.5. The number of rotatable bonds is 6. The molecule has 1 aliphatic heterocycles. The van der Waals surface area contributed by atoms with Crippen LogP contribution < -0.4 is 10.2 Å². The predicted octanol–water partition coefficient (Wildman–Crippen LogP) is 5.08. The molecule has 1 aliphatic carbocycles. The van der Waals surface area contributed by atoms with Crippen LogP contribution in [-0.4, -0.2) is 47.1 Å². The summed E-state index contributed by atoms with van der Waals surface area (Å²) in [6, 6.07) is 17.8. The minimum atomic E-state index is 0.0669. The summed E-state index contributed by atoms with van der Waals surface area (Å²) in [5.74, 6) is 0.282. The first-order valence-electron chi connectivity index (χ1n) is 12.7. The van der Waals surface area contributed by atoms with Crippen LogP contribution >= 0.6 is 0 Å². The number of fused-ring (bicyclic) bond motifs is 1. The molecule has 1 saturated heterocycles. The third-order valence-corrected chi connectivity index (χ3v) is 7.63. The summed E-state index contributed by atoms with van der Waals surface area (Å²) in [4.78, 5) is 22.1. The van der Waals surface area contributed by atoms with Gasteiger partial charge in [0, 0.05) is 60.6 Å². The number of pyridine rings is 1. The molecule has 1 aromatic heterocycles. The fourth-order valence-electron chi connectivity index (χ4n) is 5.51. The van der Waals surface area contributed by atoms with Gasteiger partial charge in [-0.1, -0.05) is 24.8 Å². The third-order valence-electron chi connectivity index (χ3n) is 7.63. The molecular weight excluding hydrogens is 448 g/mol. The molecule has 3 aromatic rings. The molecule has 36 heavy (non-hydrogen) atoms. The largest absolute Gasteiger partial charge is 0.507 e. The lowest BCUT2D eigenvalue weighted by atomic mass is 10.00. The Hall–Kier alpha value is -3.80. The average Bonchev–Trinajstić information content (AvgIpc) is 3.30. The summed E-state index contributed by atoms with van der Waals surface area (Å²) in [6.07, 6.45) is 5.64. The second kappa shape index (κ2) is 10.1. The Balaban J connectivity index is 1.25. The summed E-state index contributed by atoms with van der Waals surface area (Å²) in [7, 11) is 1.93. The van der Waals surface area contributed by atoms with Gasteiger partial charge in [-0.15, -0.1) is 0 Å². The number of hydrogen-bond acceptors (Lipinski definition) is 5. The number of benzene rings is 2. The monoisotopic (exact) mass is 482 g/mol. The van der Waals surface area contributed by atoms with Gasteiger partial charge in [0.15, 0.2) is 0 Å². The number of phenolic OH excluding ortho intramolecular Hbond substituents is 1. The van der Waals surface area contributed by atoms with Crippen LogP contribution in [0.15, 0.2) is 67.4 Å². The van der Waals surface area contributed by atoms with Crippen LogP contribution in [0.4, 0.5) is 5.69 Å². The molecule has 186 valence electrons. The molecule has 2 aromatic carbocycles. The third kappa shape index (κ3) is 4.81. The summed E-state index contributed by atoms with van der Waals surface area (Å²) >= 11 is 0. The molecule has 2 aliphatic rings. The number of aromatic nitrogens is 1. The Bertz CT molecular complexity index is 1280. The minimum Gasteiger partial charge on any atom is -0.507 e. The number of anilines is 1. The summed E-state index contributed by atoms with van der Waals surface area (Å²) < 4.78 is 0. The quantitative estimate of drug-likeness (QED) is 0.513. The van der Waals surface area contributed by atoms with Crippen LogP contribution in [0.3, 0.4) is 0 Å². The van der Waals surface area contributed by atoms with Gasteiger partial charge in [-0.25, -0.2) is 0 Å². The second-order valence-corrected chi connectivity index (χ2v) is 9.93. The molecule has 2 N–H and O–H groups in total. The highest BCUT2D eigenvalue weighted by molar-refractivity contribution is 5.94. The van der Waals surface area contributed by atoms with E-state index in [0.29, 0.717) is 11.3 Å². The van der Waals surface area contributed by atoms with Crippen molar-refractivity contribution in [1.82, 2.24) is 15.2 Å². The van der Waals surface area contributed by atoms with Gasteiger partial charge < -0.3 is 20.2 Å². The molecule has 0 bridgehead atoms. The van der Waals surface area contributed by atoms with E-state index in [2.05, 4.69) is 40.0 Å². The molecule has 1 fully saturated rings. The first-order valence-corrected chi connectivity index (χ1v) is 12.7. The topological polar surface area (TPSA) is 68.7 Å². The van der Waals surface area contributed by atoms with Gasteiger partial charge in [0.25, 0.3) is 5.91 Å². The predicted molar refractivity (Wildman–Crippen MR) is 144 cm³/mol. The highest BCUT2D eigenvalue weighted by atomic mass is 16.3. The van der Waals surface area contributed by atoms with Gasteiger partial charge in [0.05, 0.1) is 6.04 Å². The Kier molecular flexibility index (Phi) is 6.68. The lowest BCUT2D eigenvalue weighted by molar-refractivity contribution is 0.0709. The van der Waals surface area contributed by atoms with E-state index in [0.717, 1.165) is 55.6 Å².